The Balaban J connectivity index is 1.66. The monoisotopic (exact) mass is 374 g/mol. The maximum absolute atomic E-state index is 12.5. The third-order valence-electron chi connectivity index (χ3n) is 4.44. The van der Waals surface area contributed by atoms with E-state index in [2.05, 4.69) is 0 Å². The number of ketones is 1. The maximum atomic E-state index is 12.5. The first-order valence-electron chi connectivity index (χ1n) is 9.06. The molecule has 0 bridgehead atoms. The molecule has 3 aromatic carbocycles. The van der Waals surface area contributed by atoms with Gasteiger partial charge in [-0.25, -0.2) is 4.79 Å². The molecule has 0 aliphatic heterocycles. The minimum atomic E-state index is -0.493. The molecular weight excluding hydrogens is 352 g/mol. The fourth-order valence-corrected chi connectivity index (χ4v) is 2.97. The predicted octanol–water partition coefficient (Wildman–Crippen LogP) is 4.83. The Morgan fingerprint density at radius 2 is 1.43 bits per heavy atom. The molecule has 0 heterocycles. The van der Waals surface area contributed by atoms with Gasteiger partial charge in [0.25, 0.3) is 0 Å². The van der Waals surface area contributed by atoms with Crippen molar-refractivity contribution in [3.8, 4) is 11.5 Å². The summed E-state index contributed by atoms with van der Waals surface area (Å²) in [6, 6.07) is 19.9. The zero-order valence-electron chi connectivity index (χ0n) is 16.2. The Labute approximate surface area is 164 Å². The topological polar surface area (TPSA) is 52.6 Å². The van der Waals surface area contributed by atoms with Crippen molar-refractivity contribution >= 4 is 11.8 Å². The summed E-state index contributed by atoms with van der Waals surface area (Å²) >= 11 is 0. The van der Waals surface area contributed by atoms with Crippen LogP contribution in [0.15, 0.2) is 66.7 Å². The second kappa shape index (κ2) is 8.53. The van der Waals surface area contributed by atoms with Gasteiger partial charge in [-0.3, -0.25) is 4.79 Å². The lowest BCUT2D eigenvalue weighted by atomic mass is 10.0. The fourth-order valence-electron chi connectivity index (χ4n) is 2.97. The SMILES string of the molecule is Cc1cc(C(=O)c2ccccc2)ccc1OC(=O)COc1c(C)cccc1C. The van der Waals surface area contributed by atoms with Gasteiger partial charge in [0.15, 0.2) is 12.4 Å². The Kier molecular flexibility index (Phi) is 5.90. The van der Waals surface area contributed by atoms with Gasteiger partial charge in [-0.1, -0.05) is 48.5 Å². The molecule has 0 saturated carbocycles. The number of para-hydroxylation sites is 1. The van der Waals surface area contributed by atoms with E-state index in [1.165, 1.54) is 0 Å². The quantitative estimate of drug-likeness (QED) is 0.352. The molecule has 4 heteroatoms. The molecule has 0 amide bonds. The first-order chi connectivity index (χ1) is 13.5. The van der Waals surface area contributed by atoms with Crippen LogP contribution in [0.25, 0.3) is 0 Å². The fraction of sp³-hybridized carbons (Fsp3) is 0.167. The molecular formula is C24H22O4. The van der Waals surface area contributed by atoms with Crippen LogP contribution in [-0.2, 0) is 4.79 Å². The summed E-state index contributed by atoms with van der Waals surface area (Å²) in [7, 11) is 0. The van der Waals surface area contributed by atoms with Crippen molar-refractivity contribution in [3.05, 3.63) is 94.5 Å². The van der Waals surface area contributed by atoms with E-state index in [1.54, 1.807) is 37.3 Å². The number of ether oxygens (including phenoxy) is 2. The highest BCUT2D eigenvalue weighted by atomic mass is 16.6. The molecule has 28 heavy (non-hydrogen) atoms. The summed E-state index contributed by atoms with van der Waals surface area (Å²) < 4.78 is 11.0. The van der Waals surface area contributed by atoms with Gasteiger partial charge in [0, 0.05) is 11.1 Å². The molecule has 0 fully saturated rings. The number of hydrogen-bond acceptors (Lipinski definition) is 4. The molecule has 0 aliphatic rings. The maximum Gasteiger partial charge on any atom is 0.349 e. The zero-order chi connectivity index (χ0) is 20.1. The lowest BCUT2D eigenvalue weighted by Gasteiger charge is -2.12. The van der Waals surface area contributed by atoms with E-state index >= 15 is 0 Å². The van der Waals surface area contributed by atoms with E-state index in [9.17, 15) is 9.59 Å². The molecule has 0 aromatic heterocycles. The van der Waals surface area contributed by atoms with Gasteiger partial charge in [-0.05, 0) is 55.7 Å². The van der Waals surface area contributed by atoms with E-state index in [-0.39, 0.29) is 12.4 Å². The van der Waals surface area contributed by atoms with Crippen molar-refractivity contribution in [2.45, 2.75) is 20.8 Å². The van der Waals surface area contributed by atoms with Gasteiger partial charge in [0.2, 0.25) is 0 Å². The van der Waals surface area contributed by atoms with Crippen LogP contribution in [0.4, 0.5) is 0 Å². The van der Waals surface area contributed by atoms with E-state index < -0.39 is 5.97 Å². The van der Waals surface area contributed by atoms with Crippen LogP contribution >= 0.6 is 0 Å². The molecule has 3 aromatic rings. The van der Waals surface area contributed by atoms with Gasteiger partial charge in [0.05, 0.1) is 0 Å². The molecule has 142 valence electrons. The van der Waals surface area contributed by atoms with E-state index in [0.717, 1.165) is 11.1 Å². The van der Waals surface area contributed by atoms with E-state index in [4.69, 9.17) is 9.47 Å². The van der Waals surface area contributed by atoms with Crippen molar-refractivity contribution in [1.82, 2.24) is 0 Å². The van der Waals surface area contributed by atoms with Crippen molar-refractivity contribution in [2.75, 3.05) is 6.61 Å². The van der Waals surface area contributed by atoms with Crippen LogP contribution in [0.3, 0.4) is 0 Å². The normalized spacial score (nSPS) is 10.4. The second-order valence-corrected chi connectivity index (χ2v) is 6.66. The summed E-state index contributed by atoms with van der Waals surface area (Å²) in [5, 5.41) is 0. The Bertz CT molecular complexity index is 986. The number of carbonyl (C=O) groups excluding carboxylic acids is 2. The largest absolute Gasteiger partial charge is 0.481 e. The second-order valence-electron chi connectivity index (χ2n) is 6.66. The molecule has 0 aliphatic carbocycles. The molecule has 3 rings (SSSR count). The van der Waals surface area contributed by atoms with Gasteiger partial charge < -0.3 is 9.47 Å². The highest BCUT2D eigenvalue weighted by Crippen LogP contribution is 2.23. The van der Waals surface area contributed by atoms with Crippen molar-refractivity contribution in [1.29, 1.82) is 0 Å². The number of carbonyl (C=O) groups is 2. The van der Waals surface area contributed by atoms with Crippen molar-refractivity contribution < 1.29 is 19.1 Å². The summed E-state index contributed by atoms with van der Waals surface area (Å²) in [6.45, 7) is 5.48. The number of benzene rings is 3. The van der Waals surface area contributed by atoms with Gasteiger partial charge in [0.1, 0.15) is 11.5 Å². The van der Waals surface area contributed by atoms with Gasteiger partial charge in [-0.15, -0.1) is 0 Å². The Hall–Kier alpha value is -3.40. The van der Waals surface area contributed by atoms with Gasteiger partial charge >= 0.3 is 5.97 Å². The highest BCUT2D eigenvalue weighted by molar-refractivity contribution is 6.09. The van der Waals surface area contributed by atoms with E-state index in [1.807, 2.05) is 50.2 Å². The van der Waals surface area contributed by atoms with Crippen LogP contribution < -0.4 is 9.47 Å². The van der Waals surface area contributed by atoms with Crippen molar-refractivity contribution in [3.63, 3.8) is 0 Å². The summed E-state index contributed by atoms with van der Waals surface area (Å²) in [5.74, 6) is 0.549. The number of rotatable bonds is 6. The molecule has 0 radical (unpaired) electrons. The van der Waals surface area contributed by atoms with Crippen LogP contribution in [-0.4, -0.2) is 18.4 Å². The number of hydrogen-bond donors (Lipinski definition) is 0. The molecule has 4 nitrogen and oxygen atoms in total. The number of aryl methyl sites for hydroxylation is 3. The summed E-state index contributed by atoms with van der Waals surface area (Å²) in [4.78, 5) is 24.7. The first kappa shape index (κ1) is 19.4. The average molecular weight is 374 g/mol. The molecule has 0 saturated heterocycles. The summed E-state index contributed by atoms with van der Waals surface area (Å²) in [6.07, 6.45) is 0. The predicted molar refractivity (Wildman–Crippen MR) is 108 cm³/mol. The Morgan fingerprint density at radius 3 is 2.07 bits per heavy atom. The van der Waals surface area contributed by atoms with Gasteiger partial charge in [-0.2, -0.15) is 0 Å². The van der Waals surface area contributed by atoms with E-state index in [0.29, 0.717) is 28.2 Å². The first-order valence-corrected chi connectivity index (χ1v) is 9.06. The van der Waals surface area contributed by atoms with Crippen LogP contribution in [0.2, 0.25) is 0 Å². The summed E-state index contributed by atoms with van der Waals surface area (Å²) in [5.41, 5.74) is 3.81. The molecule has 0 N–H and O–H groups in total. The third-order valence-corrected chi connectivity index (χ3v) is 4.44. The minimum absolute atomic E-state index is 0.0695. The smallest absolute Gasteiger partial charge is 0.349 e. The van der Waals surface area contributed by atoms with Crippen LogP contribution in [0.5, 0.6) is 11.5 Å². The molecule has 0 atom stereocenters. The van der Waals surface area contributed by atoms with Crippen LogP contribution in [0.1, 0.15) is 32.6 Å². The highest BCUT2D eigenvalue weighted by Gasteiger charge is 2.14. The lowest BCUT2D eigenvalue weighted by molar-refractivity contribution is -0.136. The number of esters is 1. The standard InChI is InChI=1S/C24H22O4/c1-16-8-7-9-17(2)24(16)27-15-22(25)28-21-13-12-20(14-18(21)3)23(26)19-10-5-4-6-11-19/h4-14H,15H2,1-3H3. The third kappa shape index (κ3) is 4.46. The van der Waals surface area contributed by atoms with Crippen molar-refractivity contribution in [2.24, 2.45) is 0 Å². The molecule has 0 unspecified atom stereocenters. The minimum Gasteiger partial charge on any atom is -0.481 e. The Morgan fingerprint density at radius 1 is 0.750 bits per heavy atom. The van der Waals surface area contributed by atoms with Crippen LogP contribution in [0, 0.1) is 20.8 Å². The zero-order valence-corrected chi connectivity index (χ0v) is 16.2. The lowest BCUT2D eigenvalue weighted by Crippen LogP contribution is -2.19. The molecule has 0 spiro atoms. The average Bonchev–Trinajstić information content (AvgIpc) is 2.69.